The summed E-state index contributed by atoms with van der Waals surface area (Å²) in [6, 6.07) is 11.8. The van der Waals surface area contributed by atoms with E-state index in [4.69, 9.17) is 0 Å². The van der Waals surface area contributed by atoms with Crippen molar-refractivity contribution in [3.63, 3.8) is 0 Å². The Hall–Kier alpha value is -3.42. The summed E-state index contributed by atoms with van der Waals surface area (Å²) in [5.74, 6) is -0.522. The predicted octanol–water partition coefficient (Wildman–Crippen LogP) is 2.39. The van der Waals surface area contributed by atoms with Crippen molar-refractivity contribution in [2.45, 2.75) is 13.0 Å². The van der Waals surface area contributed by atoms with Crippen LogP contribution in [0.4, 0.5) is 17.1 Å². The summed E-state index contributed by atoms with van der Waals surface area (Å²) in [5, 5.41) is 18.8. The van der Waals surface area contributed by atoms with Gasteiger partial charge in [0.05, 0.1) is 4.92 Å². The summed E-state index contributed by atoms with van der Waals surface area (Å²) in [7, 11) is 1.54. The first kappa shape index (κ1) is 17.9. The molecule has 0 aliphatic carbocycles. The molecule has 0 aliphatic heterocycles. The van der Waals surface area contributed by atoms with Crippen molar-refractivity contribution in [1.29, 1.82) is 0 Å². The smallest absolute Gasteiger partial charge is 0.269 e. The van der Waals surface area contributed by atoms with E-state index in [9.17, 15) is 19.7 Å². The Morgan fingerprint density at radius 2 is 1.76 bits per heavy atom. The Bertz CT molecular complexity index is 789. The molecular weight excluding hydrogens is 324 g/mol. The average Bonchev–Trinajstić information content (AvgIpc) is 2.61. The topological polar surface area (TPSA) is 113 Å². The molecule has 0 spiro atoms. The Balaban J connectivity index is 2.00. The van der Waals surface area contributed by atoms with E-state index in [0.717, 1.165) is 0 Å². The number of nitrogens with zero attached hydrogens (tertiary/aromatic N) is 1. The molecule has 2 amide bonds. The van der Waals surface area contributed by atoms with Gasteiger partial charge in [0, 0.05) is 36.1 Å². The second-order valence-corrected chi connectivity index (χ2v) is 5.32. The van der Waals surface area contributed by atoms with Crippen LogP contribution in [-0.2, 0) is 4.79 Å². The highest BCUT2D eigenvalue weighted by molar-refractivity contribution is 5.97. The van der Waals surface area contributed by atoms with Crippen LogP contribution in [0.3, 0.4) is 0 Å². The minimum atomic E-state index is -0.574. The number of carbonyl (C=O) groups is 2. The van der Waals surface area contributed by atoms with Gasteiger partial charge in [-0.15, -0.1) is 0 Å². The van der Waals surface area contributed by atoms with E-state index in [1.54, 1.807) is 38.2 Å². The molecule has 2 aromatic rings. The molecular formula is C17H18N4O4. The van der Waals surface area contributed by atoms with Crippen LogP contribution in [0.2, 0.25) is 0 Å². The van der Waals surface area contributed by atoms with Gasteiger partial charge in [0.25, 0.3) is 11.6 Å². The second-order valence-electron chi connectivity index (χ2n) is 5.32. The van der Waals surface area contributed by atoms with Crippen molar-refractivity contribution in [2.75, 3.05) is 17.7 Å². The molecule has 2 rings (SSSR count). The summed E-state index contributed by atoms with van der Waals surface area (Å²) in [6.07, 6.45) is 0. The Kier molecular flexibility index (Phi) is 5.67. The van der Waals surface area contributed by atoms with E-state index in [1.165, 1.54) is 24.3 Å². The number of rotatable bonds is 6. The summed E-state index contributed by atoms with van der Waals surface area (Å²) in [4.78, 5) is 34.0. The average molecular weight is 342 g/mol. The first-order chi connectivity index (χ1) is 11.9. The van der Waals surface area contributed by atoms with Gasteiger partial charge in [-0.05, 0) is 37.3 Å². The highest BCUT2D eigenvalue weighted by Crippen LogP contribution is 2.16. The van der Waals surface area contributed by atoms with Crippen molar-refractivity contribution < 1.29 is 14.5 Å². The lowest BCUT2D eigenvalue weighted by Gasteiger charge is -2.16. The molecule has 25 heavy (non-hydrogen) atoms. The number of hydrogen-bond donors (Lipinski definition) is 3. The first-order valence-corrected chi connectivity index (χ1v) is 7.54. The standard InChI is InChI=1S/C17H18N4O4/c1-11(19-14-5-3-4-12(10-14)17(23)18-2)16(22)20-13-6-8-15(9-7-13)21(24)25/h3-11,19H,1-2H3,(H,18,23)(H,20,22). The zero-order valence-corrected chi connectivity index (χ0v) is 13.8. The van der Waals surface area contributed by atoms with Crippen molar-refractivity contribution >= 4 is 28.9 Å². The van der Waals surface area contributed by atoms with Gasteiger partial charge in [0.2, 0.25) is 5.91 Å². The van der Waals surface area contributed by atoms with Gasteiger partial charge < -0.3 is 16.0 Å². The van der Waals surface area contributed by atoms with Crippen LogP contribution in [0.5, 0.6) is 0 Å². The molecule has 0 fully saturated rings. The molecule has 0 saturated heterocycles. The minimum absolute atomic E-state index is 0.0461. The van der Waals surface area contributed by atoms with Crippen LogP contribution in [0.15, 0.2) is 48.5 Å². The van der Waals surface area contributed by atoms with Gasteiger partial charge in [0.15, 0.2) is 0 Å². The Morgan fingerprint density at radius 1 is 1.08 bits per heavy atom. The maximum Gasteiger partial charge on any atom is 0.269 e. The lowest BCUT2D eigenvalue weighted by atomic mass is 10.1. The fourth-order valence-corrected chi connectivity index (χ4v) is 2.13. The lowest BCUT2D eigenvalue weighted by molar-refractivity contribution is -0.384. The van der Waals surface area contributed by atoms with E-state index in [1.807, 2.05) is 0 Å². The molecule has 0 aliphatic rings. The number of anilines is 2. The molecule has 1 atom stereocenters. The second kappa shape index (κ2) is 7.91. The Morgan fingerprint density at radius 3 is 2.36 bits per heavy atom. The van der Waals surface area contributed by atoms with Crippen LogP contribution in [-0.4, -0.2) is 29.8 Å². The number of nitro groups is 1. The van der Waals surface area contributed by atoms with Gasteiger partial charge in [-0.25, -0.2) is 0 Å². The van der Waals surface area contributed by atoms with Crippen LogP contribution in [0, 0.1) is 10.1 Å². The quantitative estimate of drug-likeness (QED) is 0.551. The van der Waals surface area contributed by atoms with Gasteiger partial charge >= 0.3 is 0 Å². The maximum atomic E-state index is 12.2. The largest absolute Gasteiger partial charge is 0.374 e. The van der Waals surface area contributed by atoms with Gasteiger partial charge in [-0.1, -0.05) is 6.07 Å². The number of non-ortho nitro benzene ring substituents is 1. The SMILES string of the molecule is CNC(=O)c1cccc(NC(C)C(=O)Nc2ccc([N+](=O)[O-])cc2)c1. The molecule has 1 unspecified atom stereocenters. The maximum absolute atomic E-state index is 12.2. The molecule has 8 nitrogen and oxygen atoms in total. The lowest BCUT2D eigenvalue weighted by Crippen LogP contribution is -2.32. The normalized spacial score (nSPS) is 11.3. The molecule has 0 aromatic heterocycles. The van der Waals surface area contributed by atoms with Gasteiger partial charge in [0.1, 0.15) is 6.04 Å². The highest BCUT2D eigenvalue weighted by atomic mass is 16.6. The van der Waals surface area contributed by atoms with E-state index < -0.39 is 11.0 Å². The van der Waals surface area contributed by atoms with E-state index in [2.05, 4.69) is 16.0 Å². The van der Waals surface area contributed by atoms with Gasteiger partial charge in [-0.3, -0.25) is 19.7 Å². The van der Waals surface area contributed by atoms with E-state index in [-0.39, 0.29) is 17.5 Å². The molecule has 0 radical (unpaired) electrons. The third kappa shape index (κ3) is 4.77. The summed E-state index contributed by atoms with van der Waals surface area (Å²) in [5.41, 5.74) is 1.53. The number of nitrogens with one attached hydrogen (secondary N) is 3. The summed E-state index contributed by atoms with van der Waals surface area (Å²) < 4.78 is 0. The fourth-order valence-electron chi connectivity index (χ4n) is 2.13. The van der Waals surface area contributed by atoms with Crippen LogP contribution in [0.25, 0.3) is 0 Å². The summed E-state index contributed by atoms with van der Waals surface area (Å²) in [6.45, 7) is 1.67. The van der Waals surface area contributed by atoms with Gasteiger partial charge in [-0.2, -0.15) is 0 Å². The zero-order chi connectivity index (χ0) is 18.4. The van der Waals surface area contributed by atoms with E-state index in [0.29, 0.717) is 16.9 Å². The molecule has 0 saturated carbocycles. The summed E-state index contributed by atoms with van der Waals surface area (Å²) >= 11 is 0. The van der Waals surface area contributed by atoms with Crippen molar-refractivity contribution in [3.8, 4) is 0 Å². The molecule has 0 heterocycles. The van der Waals surface area contributed by atoms with Crippen LogP contribution in [0.1, 0.15) is 17.3 Å². The van der Waals surface area contributed by atoms with Crippen molar-refractivity contribution in [3.05, 3.63) is 64.2 Å². The minimum Gasteiger partial charge on any atom is -0.374 e. The monoisotopic (exact) mass is 342 g/mol. The highest BCUT2D eigenvalue weighted by Gasteiger charge is 2.14. The first-order valence-electron chi connectivity index (χ1n) is 7.54. The van der Waals surface area contributed by atoms with Crippen molar-refractivity contribution in [1.82, 2.24) is 5.32 Å². The van der Waals surface area contributed by atoms with E-state index >= 15 is 0 Å². The number of amides is 2. The van der Waals surface area contributed by atoms with Crippen LogP contribution >= 0.6 is 0 Å². The third-order valence-electron chi connectivity index (χ3n) is 3.47. The number of hydrogen-bond acceptors (Lipinski definition) is 5. The van der Waals surface area contributed by atoms with Crippen molar-refractivity contribution in [2.24, 2.45) is 0 Å². The van der Waals surface area contributed by atoms with Crippen LogP contribution < -0.4 is 16.0 Å². The molecule has 2 aromatic carbocycles. The zero-order valence-electron chi connectivity index (χ0n) is 13.8. The molecule has 3 N–H and O–H groups in total. The predicted molar refractivity (Wildman–Crippen MR) is 94.6 cm³/mol. The molecule has 8 heteroatoms. The third-order valence-corrected chi connectivity index (χ3v) is 3.47. The molecule has 0 bridgehead atoms. The number of benzene rings is 2. The number of carbonyl (C=O) groups excluding carboxylic acids is 2. The molecule has 130 valence electrons. The Labute approximate surface area is 144 Å². The fraction of sp³-hybridized carbons (Fsp3) is 0.176. The number of nitro benzene ring substituents is 1.